The van der Waals surface area contributed by atoms with Gasteiger partial charge >= 0.3 is 0 Å². The largest absolute Gasteiger partial charge is 0.326 e. The number of anilines is 1. The zero-order valence-corrected chi connectivity index (χ0v) is 12.9. The molecule has 114 valence electrons. The quantitative estimate of drug-likeness (QED) is 0.747. The van der Waals surface area contributed by atoms with E-state index in [-0.39, 0.29) is 5.91 Å². The van der Waals surface area contributed by atoms with Crippen molar-refractivity contribution in [2.24, 2.45) is 5.92 Å². The van der Waals surface area contributed by atoms with Gasteiger partial charge in [0.15, 0.2) is 0 Å². The molecule has 1 atom stereocenters. The summed E-state index contributed by atoms with van der Waals surface area (Å²) in [5, 5.41) is 6.44. The fraction of sp³-hybridized carbons (Fsp3) is 0.500. The zero-order chi connectivity index (χ0) is 14.9. The SMILES string of the molecule is CCCC(=O)Nc1ccc(CNCC2CC=CCC2)cc1. The average molecular weight is 286 g/mol. The third-order valence-electron chi connectivity index (χ3n) is 3.85. The minimum atomic E-state index is 0.0914. The van der Waals surface area contributed by atoms with E-state index in [0.29, 0.717) is 6.42 Å². The molecule has 1 aromatic rings. The first-order valence-electron chi connectivity index (χ1n) is 8.02. The predicted octanol–water partition coefficient (Wildman–Crippen LogP) is 3.87. The Morgan fingerprint density at radius 2 is 2.05 bits per heavy atom. The van der Waals surface area contributed by atoms with Crippen molar-refractivity contribution in [3.05, 3.63) is 42.0 Å². The maximum atomic E-state index is 11.5. The van der Waals surface area contributed by atoms with Crippen LogP contribution in [0.25, 0.3) is 0 Å². The van der Waals surface area contributed by atoms with E-state index in [2.05, 4.69) is 34.9 Å². The number of carbonyl (C=O) groups is 1. The van der Waals surface area contributed by atoms with Gasteiger partial charge in [-0.05, 0) is 55.8 Å². The molecule has 0 saturated heterocycles. The average Bonchev–Trinajstić information content (AvgIpc) is 2.50. The van der Waals surface area contributed by atoms with E-state index in [1.54, 1.807) is 0 Å². The van der Waals surface area contributed by atoms with Crippen LogP contribution in [-0.2, 0) is 11.3 Å². The van der Waals surface area contributed by atoms with Gasteiger partial charge in [0.1, 0.15) is 0 Å². The number of benzene rings is 1. The van der Waals surface area contributed by atoms with Gasteiger partial charge in [0.05, 0.1) is 0 Å². The molecule has 1 amide bonds. The summed E-state index contributed by atoms with van der Waals surface area (Å²) in [7, 11) is 0. The second-order valence-electron chi connectivity index (χ2n) is 5.78. The van der Waals surface area contributed by atoms with E-state index in [0.717, 1.165) is 31.1 Å². The van der Waals surface area contributed by atoms with Crippen molar-refractivity contribution in [1.82, 2.24) is 5.32 Å². The number of rotatable bonds is 7. The van der Waals surface area contributed by atoms with Crippen molar-refractivity contribution in [3.63, 3.8) is 0 Å². The molecule has 0 aliphatic heterocycles. The molecular formula is C18H26N2O. The zero-order valence-electron chi connectivity index (χ0n) is 12.9. The van der Waals surface area contributed by atoms with Crippen LogP contribution in [0, 0.1) is 5.92 Å². The van der Waals surface area contributed by atoms with Crippen LogP contribution >= 0.6 is 0 Å². The van der Waals surface area contributed by atoms with E-state index in [1.807, 2.05) is 19.1 Å². The predicted molar refractivity (Wildman–Crippen MR) is 88.2 cm³/mol. The Morgan fingerprint density at radius 1 is 1.24 bits per heavy atom. The Morgan fingerprint density at radius 3 is 2.71 bits per heavy atom. The molecule has 0 heterocycles. The first kappa shape index (κ1) is 15.8. The normalized spacial score (nSPS) is 17.7. The maximum Gasteiger partial charge on any atom is 0.224 e. The van der Waals surface area contributed by atoms with Gasteiger partial charge in [-0.3, -0.25) is 4.79 Å². The monoisotopic (exact) mass is 286 g/mol. The molecule has 0 fully saturated rings. The lowest BCUT2D eigenvalue weighted by Gasteiger charge is -2.18. The van der Waals surface area contributed by atoms with Crippen LogP contribution in [0.3, 0.4) is 0 Å². The molecule has 0 saturated carbocycles. The number of hydrogen-bond acceptors (Lipinski definition) is 2. The van der Waals surface area contributed by atoms with E-state index >= 15 is 0 Å². The molecule has 0 bridgehead atoms. The molecule has 1 aliphatic carbocycles. The lowest BCUT2D eigenvalue weighted by Crippen LogP contribution is -2.23. The highest BCUT2D eigenvalue weighted by atomic mass is 16.1. The van der Waals surface area contributed by atoms with Crippen LogP contribution in [0.1, 0.15) is 44.6 Å². The maximum absolute atomic E-state index is 11.5. The lowest BCUT2D eigenvalue weighted by molar-refractivity contribution is -0.116. The van der Waals surface area contributed by atoms with Crippen molar-refractivity contribution >= 4 is 11.6 Å². The standard InChI is InChI=1S/C18H26N2O/c1-2-6-18(21)20-17-11-9-16(10-12-17)14-19-13-15-7-4-3-5-8-15/h3-4,9-12,15,19H,2,5-8,13-14H2,1H3,(H,20,21). The first-order valence-corrected chi connectivity index (χ1v) is 8.02. The summed E-state index contributed by atoms with van der Waals surface area (Å²) < 4.78 is 0. The fourth-order valence-corrected chi connectivity index (χ4v) is 2.62. The van der Waals surface area contributed by atoms with Crippen LogP contribution in [0.2, 0.25) is 0 Å². The summed E-state index contributed by atoms with van der Waals surface area (Å²) in [5.41, 5.74) is 2.14. The molecular weight excluding hydrogens is 260 g/mol. The molecule has 0 aromatic heterocycles. The Hall–Kier alpha value is -1.61. The highest BCUT2D eigenvalue weighted by Gasteiger charge is 2.08. The van der Waals surface area contributed by atoms with Gasteiger partial charge in [-0.15, -0.1) is 0 Å². The van der Waals surface area contributed by atoms with Gasteiger partial charge in [-0.25, -0.2) is 0 Å². The number of nitrogens with one attached hydrogen (secondary N) is 2. The molecule has 0 radical (unpaired) electrons. The third kappa shape index (κ3) is 5.72. The van der Waals surface area contributed by atoms with Crippen molar-refractivity contribution < 1.29 is 4.79 Å². The van der Waals surface area contributed by atoms with Gasteiger partial charge in [-0.1, -0.05) is 31.2 Å². The third-order valence-corrected chi connectivity index (χ3v) is 3.85. The molecule has 3 nitrogen and oxygen atoms in total. The second-order valence-corrected chi connectivity index (χ2v) is 5.78. The molecule has 1 aliphatic rings. The Balaban J connectivity index is 1.71. The van der Waals surface area contributed by atoms with Crippen LogP contribution < -0.4 is 10.6 Å². The van der Waals surface area contributed by atoms with Crippen LogP contribution in [0.15, 0.2) is 36.4 Å². The number of carbonyl (C=O) groups excluding carboxylic acids is 1. The lowest BCUT2D eigenvalue weighted by atomic mass is 9.94. The van der Waals surface area contributed by atoms with Gasteiger partial charge < -0.3 is 10.6 Å². The van der Waals surface area contributed by atoms with Crippen molar-refractivity contribution in [2.45, 2.75) is 45.6 Å². The van der Waals surface area contributed by atoms with Gasteiger partial charge in [0.2, 0.25) is 5.91 Å². The van der Waals surface area contributed by atoms with E-state index < -0.39 is 0 Å². The minimum Gasteiger partial charge on any atom is -0.326 e. The Kier molecular flexibility index (Phi) is 6.48. The molecule has 1 unspecified atom stereocenters. The molecule has 2 rings (SSSR count). The minimum absolute atomic E-state index is 0.0914. The Labute approximate surface area is 127 Å². The van der Waals surface area contributed by atoms with Crippen LogP contribution in [-0.4, -0.2) is 12.5 Å². The summed E-state index contributed by atoms with van der Waals surface area (Å²) in [4.78, 5) is 11.5. The molecule has 2 N–H and O–H groups in total. The summed E-state index contributed by atoms with van der Waals surface area (Å²) in [6.45, 7) is 3.99. The van der Waals surface area contributed by atoms with Gasteiger partial charge in [-0.2, -0.15) is 0 Å². The highest BCUT2D eigenvalue weighted by Crippen LogP contribution is 2.17. The first-order chi connectivity index (χ1) is 10.3. The topological polar surface area (TPSA) is 41.1 Å². The molecule has 1 aromatic carbocycles. The molecule has 21 heavy (non-hydrogen) atoms. The van der Waals surface area contributed by atoms with E-state index in [9.17, 15) is 4.79 Å². The number of amides is 1. The number of hydrogen-bond donors (Lipinski definition) is 2. The van der Waals surface area contributed by atoms with Crippen molar-refractivity contribution in [1.29, 1.82) is 0 Å². The van der Waals surface area contributed by atoms with Gasteiger partial charge in [0, 0.05) is 18.7 Å². The van der Waals surface area contributed by atoms with E-state index in [1.165, 1.54) is 24.8 Å². The van der Waals surface area contributed by atoms with Crippen LogP contribution in [0.4, 0.5) is 5.69 Å². The van der Waals surface area contributed by atoms with Gasteiger partial charge in [0.25, 0.3) is 0 Å². The highest BCUT2D eigenvalue weighted by molar-refractivity contribution is 5.90. The fourth-order valence-electron chi connectivity index (χ4n) is 2.62. The summed E-state index contributed by atoms with van der Waals surface area (Å²) in [5.74, 6) is 0.872. The summed E-state index contributed by atoms with van der Waals surface area (Å²) in [6.07, 6.45) is 9.76. The smallest absolute Gasteiger partial charge is 0.224 e. The summed E-state index contributed by atoms with van der Waals surface area (Å²) in [6, 6.07) is 8.12. The second kappa shape index (κ2) is 8.63. The van der Waals surface area contributed by atoms with Crippen molar-refractivity contribution in [3.8, 4) is 0 Å². The van der Waals surface area contributed by atoms with Crippen LogP contribution in [0.5, 0.6) is 0 Å². The molecule has 0 spiro atoms. The molecule has 3 heteroatoms. The number of allylic oxidation sites excluding steroid dienone is 2. The van der Waals surface area contributed by atoms with E-state index in [4.69, 9.17) is 0 Å². The van der Waals surface area contributed by atoms with Crippen molar-refractivity contribution in [2.75, 3.05) is 11.9 Å². The Bertz CT molecular complexity index is 465. The summed E-state index contributed by atoms with van der Waals surface area (Å²) >= 11 is 0.